The molecule has 0 aliphatic rings. The summed E-state index contributed by atoms with van der Waals surface area (Å²) in [6, 6.07) is 30.1. The van der Waals surface area contributed by atoms with E-state index in [1.54, 1.807) is 6.20 Å². The second kappa shape index (κ2) is 7.24. The fourth-order valence-electron chi connectivity index (χ4n) is 3.60. The highest BCUT2D eigenvalue weighted by Crippen LogP contribution is 2.30. The average Bonchev–Trinajstić information content (AvgIpc) is 3.21. The normalized spacial score (nSPS) is 11.0. The monoisotopic (exact) mass is 377 g/mol. The van der Waals surface area contributed by atoms with Gasteiger partial charge in [-0.1, -0.05) is 66.7 Å². The quantitative estimate of drug-likeness (QED) is 0.457. The largest absolute Gasteiger partial charge is 0.505 e. The van der Waals surface area contributed by atoms with E-state index in [1.807, 2.05) is 77.5 Å². The van der Waals surface area contributed by atoms with Crippen molar-refractivity contribution in [3.05, 3.63) is 108 Å². The Morgan fingerprint density at radius 1 is 0.793 bits per heavy atom. The highest BCUT2D eigenvalue weighted by atomic mass is 16.3. The number of aromatic nitrogens is 3. The molecule has 2 aromatic heterocycles. The number of para-hydroxylation sites is 1. The molecule has 3 aromatic carbocycles. The van der Waals surface area contributed by atoms with Crippen LogP contribution in [0.15, 0.2) is 97.2 Å². The van der Waals surface area contributed by atoms with Crippen molar-refractivity contribution >= 4 is 10.9 Å². The molecule has 4 heteroatoms. The van der Waals surface area contributed by atoms with Crippen LogP contribution in [0.2, 0.25) is 0 Å². The Kier molecular flexibility index (Phi) is 4.30. The first-order valence-corrected chi connectivity index (χ1v) is 9.55. The number of aromatic hydroxyl groups is 1. The van der Waals surface area contributed by atoms with Crippen molar-refractivity contribution in [2.24, 2.45) is 0 Å². The van der Waals surface area contributed by atoms with Crippen molar-refractivity contribution in [1.82, 2.24) is 14.8 Å². The smallest absolute Gasteiger partial charge is 0.145 e. The number of nitrogens with zero attached hydrogens (tertiary/aromatic N) is 3. The summed E-state index contributed by atoms with van der Waals surface area (Å²) in [4.78, 5) is 4.34. The summed E-state index contributed by atoms with van der Waals surface area (Å²) in [5, 5.41) is 16.6. The zero-order valence-electron chi connectivity index (χ0n) is 15.7. The van der Waals surface area contributed by atoms with E-state index in [-0.39, 0.29) is 5.75 Å². The average molecular weight is 377 g/mol. The number of phenolic OH excluding ortho intramolecular Hbond substituents is 1. The minimum atomic E-state index is 0.227. The van der Waals surface area contributed by atoms with Gasteiger partial charge in [-0.3, -0.25) is 4.98 Å². The number of hydrogen-bond donors (Lipinski definition) is 1. The van der Waals surface area contributed by atoms with E-state index in [0.29, 0.717) is 11.9 Å². The van der Waals surface area contributed by atoms with Crippen LogP contribution >= 0.6 is 0 Å². The van der Waals surface area contributed by atoms with Crippen LogP contribution in [0, 0.1) is 0 Å². The Morgan fingerprint density at radius 2 is 1.55 bits per heavy atom. The molecule has 140 valence electrons. The molecule has 0 radical (unpaired) electrons. The third-order valence-electron chi connectivity index (χ3n) is 5.06. The van der Waals surface area contributed by atoms with Gasteiger partial charge in [0.05, 0.1) is 11.4 Å². The van der Waals surface area contributed by atoms with Crippen molar-refractivity contribution in [3.63, 3.8) is 0 Å². The molecule has 5 aromatic rings. The van der Waals surface area contributed by atoms with Gasteiger partial charge in [0.1, 0.15) is 11.3 Å². The van der Waals surface area contributed by atoms with Crippen molar-refractivity contribution in [1.29, 1.82) is 0 Å². The standard InChI is InChI=1S/C25H19N3O/c29-25-20(14-13-19-10-7-15-26-24(19)25)16-22-17-23(18-8-3-1-4-9-18)27-28(22)21-11-5-2-6-12-21/h1-15,17,29H,16H2. The lowest BCUT2D eigenvalue weighted by atomic mass is 10.0. The molecule has 0 saturated carbocycles. The SMILES string of the molecule is Oc1c(Cc2cc(-c3ccccc3)nn2-c2ccccc2)ccc2cccnc12. The molecular formula is C25H19N3O. The molecule has 0 bridgehead atoms. The fraction of sp³-hybridized carbons (Fsp3) is 0.0400. The minimum Gasteiger partial charge on any atom is -0.505 e. The summed E-state index contributed by atoms with van der Waals surface area (Å²) in [7, 11) is 0. The van der Waals surface area contributed by atoms with Gasteiger partial charge in [-0.2, -0.15) is 5.10 Å². The van der Waals surface area contributed by atoms with Gasteiger partial charge < -0.3 is 5.11 Å². The van der Waals surface area contributed by atoms with Crippen molar-refractivity contribution in [2.75, 3.05) is 0 Å². The Hall–Kier alpha value is -3.92. The molecule has 0 spiro atoms. The maximum absolute atomic E-state index is 10.8. The first-order valence-electron chi connectivity index (χ1n) is 9.55. The number of hydrogen-bond acceptors (Lipinski definition) is 3. The number of pyridine rings is 1. The lowest BCUT2D eigenvalue weighted by Gasteiger charge is -2.10. The van der Waals surface area contributed by atoms with Crippen LogP contribution in [-0.4, -0.2) is 19.9 Å². The zero-order valence-corrected chi connectivity index (χ0v) is 15.7. The molecule has 29 heavy (non-hydrogen) atoms. The minimum absolute atomic E-state index is 0.227. The molecule has 0 unspecified atom stereocenters. The van der Waals surface area contributed by atoms with Gasteiger partial charge >= 0.3 is 0 Å². The van der Waals surface area contributed by atoms with E-state index in [2.05, 4.69) is 23.2 Å². The van der Waals surface area contributed by atoms with Gasteiger partial charge in [-0.25, -0.2) is 4.68 Å². The van der Waals surface area contributed by atoms with E-state index in [0.717, 1.165) is 33.6 Å². The predicted molar refractivity (Wildman–Crippen MR) is 115 cm³/mol. The van der Waals surface area contributed by atoms with Crippen molar-refractivity contribution in [2.45, 2.75) is 6.42 Å². The molecule has 2 heterocycles. The van der Waals surface area contributed by atoms with E-state index in [9.17, 15) is 5.11 Å². The maximum Gasteiger partial charge on any atom is 0.145 e. The van der Waals surface area contributed by atoms with Crippen molar-refractivity contribution in [3.8, 4) is 22.7 Å². The Morgan fingerprint density at radius 3 is 2.34 bits per heavy atom. The Bertz CT molecular complexity index is 1280. The van der Waals surface area contributed by atoms with Crippen LogP contribution in [0.5, 0.6) is 5.75 Å². The van der Waals surface area contributed by atoms with Gasteiger partial charge in [-0.05, 0) is 24.3 Å². The lowest BCUT2D eigenvalue weighted by molar-refractivity contribution is 0.474. The number of benzene rings is 3. The number of phenols is 1. The van der Waals surface area contributed by atoms with E-state index >= 15 is 0 Å². The molecule has 5 rings (SSSR count). The lowest BCUT2D eigenvalue weighted by Crippen LogP contribution is -2.03. The molecule has 0 fully saturated rings. The molecule has 0 aliphatic heterocycles. The maximum atomic E-state index is 10.8. The summed E-state index contributed by atoms with van der Waals surface area (Å²) >= 11 is 0. The van der Waals surface area contributed by atoms with Gasteiger partial charge in [0, 0.05) is 34.8 Å². The molecule has 0 saturated heterocycles. The third-order valence-corrected chi connectivity index (χ3v) is 5.06. The Balaban J connectivity index is 1.62. The molecular weight excluding hydrogens is 358 g/mol. The van der Waals surface area contributed by atoms with Crippen LogP contribution in [0.1, 0.15) is 11.3 Å². The fourth-order valence-corrected chi connectivity index (χ4v) is 3.60. The summed E-state index contributed by atoms with van der Waals surface area (Å²) in [6.07, 6.45) is 2.25. The molecule has 0 aliphatic carbocycles. The number of fused-ring (bicyclic) bond motifs is 1. The van der Waals surface area contributed by atoms with Crippen molar-refractivity contribution < 1.29 is 5.11 Å². The zero-order chi connectivity index (χ0) is 19.6. The Labute approximate surface area is 168 Å². The highest BCUT2D eigenvalue weighted by molar-refractivity contribution is 5.85. The first kappa shape index (κ1) is 17.2. The second-order valence-electron chi connectivity index (χ2n) is 6.96. The second-order valence-corrected chi connectivity index (χ2v) is 6.96. The molecule has 0 atom stereocenters. The van der Waals surface area contributed by atoms with Crippen LogP contribution < -0.4 is 0 Å². The van der Waals surface area contributed by atoms with Gasteiger partial charge in [0.25, 0.3) is 0 Å². The summed E-state index contributed by atoms with van der Waals surface area (Å²) in [5.74, 6) is 0.227. The van der Waals surface area contributed by atoms with E-state index in [4.69, 9.17) is 5.10 Å². The number of rotatable bonds is 4. The third kappa shape index (κ3) is 3.25. The summed E-state index contributed by atoms with van der Waals surface area (Å²) in [5.41, 5.74) is 5.41. The van der Waals surface area contributed by atoms with E-state index < -0.39 is 0 Å². The van der Waals surface area contributed by atoms with Gasteiger partial charge in [0.15, 0.2) is 0 Å². The van der Waals surface area contributed by atoms with Gasteiger partial charge in [0.2, 0.25) is 0 Å². The topological polar surface area (TPSA) is 50.9 Å². The van der Waals surface area contributed by atoms with Crippen LogP contribution in [0.3, 0.4) is 0 Å². The molecule has 0 amide bonds. The molecule has 1 N–H and O–H groups in total. The first-order chi connectivity index (χ1) is 14.3. The van der Waals surface area contributed by atoms with Crippen LogP contribution in [0.4, 0.5) is 0 Å². The van der Waals surface area contributed by atoms with Gasteiger partial charge in [-0.15, -0.1) is 0 Å². The molecule has 4 nitrogen and oxygen atoms in total. The summed E-state index contributed by atoms with van der Waals surface area (Å²) < 4.78 is 1.95. The summed E-state index contributed by atoms with van der Waals surface area (Å²) in [6.45, 7) is 0. The van der Waals surface area contributed by atoms with Crippen LogP contribution in [-0.2, 0) is 6.42 Å². The predicted octanol–water partition coefficient (Wildman–Crippen LogP) is 5.38. The highest BCUT2D eigenvalue weighted by Gasteiger charge is 2.15. The van der Waals surface area contributed by atoms with Crippen LogP contribution in [0.25, 0.3) is 27.8 Å². The van der Waals surface area contributed by atoms with E-state index in [1.165, 1.54) is 0 Å².